The first kappa shape index (κ1) is 15.5. The number of hydrogen-bond acceptors (Lipinski definition) is 2. The first-order valence-electron chi connectivity index (χ1n) is 6.23. The molecule has 1 rings (SSSR count). The summed E-state index contributed by atoms with van der Waals surface area (Å²) >= 11 is 6.07. The van der Waals surface area contributed by atoms with Crippen LogP contribution in [0.1, 0.15) is 20.8 Å². The molecular formula is C14H19ClN2O2. The molecule has 0 aliphatic heterocycles. The first-order chi connectivity index (χ1) is 8.93. The lowest BCUT2D eigenvalue weighted by atomic mass is 10.2. The van der Waals surface area contributed by atoms with Gasteiger partial charge in [-0.25, -0.2) is 0 Å². The number of amides is 2. The fourth-order valence-corrected chi connectivity index (χ4v) is 1.85. The van der Waals surface area contributed by atoms with Crippen LogP contribution in [-0.2, 0) is 9.59 Å². The minimum absolute atomic E-state index is 0.0253. The summed E-state index contributed by atoms with van der Waals surface area (Å²) in [5.74, 6) is -0.194. The van der Waals surface area contributed by atoms with Gasteiger partial charge in [0.15, 0.2) is 0 Å². The van der Waals surface area contributed by atoms with E-state index in [9.17, 15) is 9.59 Å². The highest BCUT2D eigenvalue weighted by Crippen LogP contribution is 2.24. The highest BCUT2D eigenvalue weighted by molar-refractivity contribution is 6.33. The topological polar surface area (TPSA) is 49.4 Å². The molecule has 4 nitrogen and oxygen atoms in total. The number of carbonyl (C=O) groups excluding carboxylic acids is 2. The molecule has 1 aromatic rings. The molecule has 0 aliphatic carbocycles. The second-order valence-electron chi connectivity index (χ2n) is 4.57. The van der Waals surface area contributed by atoms with Gasteiger partial charge in [-0.3, -0.25) is 9.59 Å². The Bertz CT molecular complexity index is 461. The van der Waals surface area contributed by atoms with E-state index in [1.165, 1.54) is 6.92 Å². The van der Waals surface area contributed by atoms with Crippen LogP contribution in [-0.4, -0.2) is 24.9 Å². The minimum Gasteiger partial charge on any atom is -0.354 e. The predicted octanol–water partition coefficient (Wildman–Crippen LogP) is 2.47. The van der Waals surface area contributed by atoms with E-state index >= 15 is 0 Å². The molecule has 0 saturated heterocycles. The fourth-order valence-electron chi connectivity index (χ4n) is 1.61. The molecule has 19 heavy (non-hydrogen) atoms. The Hall–Kier alpha value is -1.55. The molecule has 0 fully saturated rings. The van der Waals surface area contributed by atoms with Gasteiger partial charge in [0.25, 0.3) is 0 Å². The number of nitrogens with one attached hydrogen (secondary N) is 1. The van der Waals surface area contributed by atoms with Crippen LogP contribution in [0.25, 0.3) is 0 Å². The monoisotopic (exact) mass is 282 g/mol. The van der Waals surface area contributed by atoms with Gasteiger partial charge in [0.05, 0.1) is 10.7 Å². The molecule has 0 aromatic heterocycles. The lowest BCUT2D eigenvalue weighted by Crippen LogP contribution is -2.38. The van der Waals surface area contributed by atoms with Gasteiger partial charge < -0.3 is 10.2 Å². The third-order valence-electron chi connectivity index (χ3n) is 2.68. The summed E-state index contributed by atoms with van der Waals surface area (Å²) in [5.41, 5.74) is 0.662. The van der Waals surface area contributed by atoms with E-state index < -0.39 is 0 Å². The number of carbonyl (C=O) groups is 2. The van der Waals surface area contributed by atoms with Crippen molar-refractivity contribution in [2.45, 2.75) is 20.8 Å². The van der Waals surface area contributed by atoms with Crippen LogP contribution in [0.5, 0.6) is 0 Å². The Balaban J connectivity index is 2.68. The molecule has 0 unspecified atom stereocenters. The Morgan fingerprint density at radius 1 is 1.32 bits per heavy atom. The van der Waals surface area contributed by atoms with Gasteiger partial charge in [0, 0.05) is 25.9 Å². The highest BCUT2D eigenvalue weighted by Gasteiger charge is 2.14. The van der Waals surface area contributed by atoms with Crippen molar-refractivity contribution in [1.82, 2.24) is 5.32 Å². The van der Waals surface area contributed by atoms with E-state index in [1.54, 1.807) is 17.0 Å². The maximum absolute atomic E-state index is 11.7. The summed E-state index contributed by atoms with van der Waals surface area (Å²) in [5, 5.41) is 3.30. The van der Waals surface area contributed by atoms with Crippen LogP contribution in [0, 0.1) is 5.92 Å². The third-order valence-corrected chi connectivity index (χ3v) is 3.00. The molecule has 0 saturated carbocycles. The molecular weight excluding hydrogens is 264 g/mol. The second-order valence-corrected chi connectivity index (χ2v) is 4.97. The number of rotatable bonds is 5. The van der Waals surface area contributed by atoms with Crippen LogP contribution in [0.15, 0.2) is 24.3 Å². The van der Waals surface area contributed by atoms with Crippen LogP contribution >= 0.6 is 11.6 Å². The fraction of sp³-hybridized carbons (Fsp3) is 0.429. The zero-order chi connectivity index (χ0) is 14.4. The van der Waals surface area contributed by atoms with Gasteiger partial charge in [0.2, 0.25) is 11.8 Å². The Kier molecular flexibility index (Phi) is 5.83. The highest BCUT2D eigenvalue weighted by atomic mass is 35.5. The van der Waals surface area contributed by atoms with E-state index in [4.69, 9.17) is 11.6 Å². The largest absolute Gasteiger partial charge is 0.354 e. The number of anilines is 1. The number of para-hydroxylation sites is 1. The van der Waals surface area contributed by atoms with Crippen molar-refractivity contribution in [3.63, 3.8) is 0 Å². The molecule has 0 heterocycles. The molecule has 0 radical (unpaired) electrons. The SMILES string of the molecule is CC(=O)N(CCNC(=O)C(C)C)c1ccccc1Cl. The predicted molar refractivity (Wildman–Crippen MR) is 77.3 cm³/mol. The molecule has 1 N–H and O–H groups in total. The summed E-state index contributed by atoms with van der Waals surface area (Å²) in [4.78, 5) is 24.7. The minimum atomic E-state index is -0.105. The average molecular weight is 283 g/mol. The van der Waals surface area contributed by atoms with Gasteiger partial charge >= 0.3 is 0 Å². The van der Waals surface area contributed by atoms with Crippen molar-refractivity contribution in [3.8, 4) is 0 Å². The maximum atomic E-state index is 11.7. The van der Waals surface area contributed by atoms with Gasteiger partial charge in [-0.05, 0) is 12.1 Å². The summed E-state index contributed by atoms with van der Waals surface area (Å²) in [6.45, 7) is 5.94. The lowest BCUT2D eigenvalue weighted by molar-refractivity contribution is -0.124. The maximum Gasteiger partial charge on any atom is 0.223 e. The van der Waals surface area contributed by atoms with Crippen LogP contribution in [0.3, 0.4) is 0 Å². The molecule has 104 valence electrons. The van der Waals surface area contributed by atoms with Crippen molar-refractivity contribution < 1.29 is 9.59 Å². The zero-order valence-corrected chi connectivity index (χ0v) is 12.2. The van der Waals surface area contributed by atoms with Crippen molar-refractivity contribution in [2.24, 2.45) is 5.92 Å². The molecule has 1 aromatic carbocycles. The summed E-state index contributed by atoms with van der Waals surface area (Å²) in [6.07, 6.45) is 0. The standard InChI is InChI=1S/C14H19ClN2O2/c1-10(2)14(19)16-8-9-17(11(3)18)13-7-5-4-6-12(13)15/h4-7,10H,8-9H2,1-3H3,(H,16,19). The van der Waals surface area contributed by atoms with Gasteiger partial charge in [0.1, 0.15) is 0 Å². The Morgan fingerprint density at radius 2 is 1.95 bits per heavy atom. The van der Waals surface area contributed by atoms with E-state index in [1.807, 2.05) is 26.0 Å². The van der Waals surface area contributed by atoms with Crippen LogP contribution in [0.2, 0.25) is 5.02 Å². The van der Waals surface area contributed by atoms with Crippen LogP contribution in [0.4, 0.5) is 5.69 Å². The van der Waals surface area contributed by atoms with Crippen molar-refractivity contribution >= 4 is 29.1 Å². The summed E-state index contributed by atoms with van der Waals surface area (Å²) in [6, 6.07) is 7.15. The molecule has 0 bridgehead atoms. The second kappa shape index (κ2) is 7.14. The van der Waals surface area contributed by atoms with Crippen molar-refractivity contribution in [2.75, 3.05) is 18.0 Å². The van der Waals surface area contributed by atoms with E-state index in [0.717, 1.165) is 0 Å². The van der Waals surface area contributed by atoms with E-state index in [0.29, 0.717) is 23.8 Å². The number of nitrogens with zero attached hydrogens (tertiary/aromatic N) is 1. The average Bonchev–Trinajstić information content (AvgIpc) is 2.35. The molecule has 0 atom stereocenters. The number of hydrogen-bond donors (Lipinski definition) is 1. The molecule has 0 spiro atoms. The third kappa shape index (κ3) is 4.56. The summed E-state index contributed by atoms with van der Waals surface area (Å²) < 4.78 is 0. The Morgan fingerprint density at radius 3 is 2.47 bits per heavy atom. The quantitative estimate of drug-likeness (QED) is 0.902. The van der Waals surface area contributed by atoms with Gasteiger partial charge in [-0.15, -0.1) is 0 Å². The van der Waals surface area contributed by atoms with Crippen molar-refractivity contribution in [1.29, 1.82) is 0 Å². The number of halogens is 1. The molecule has 0 aliphatic rings. The van der Waals surface area contributed by atoms with E-state index in [2.05, 4.69) is 5.32 Å². The normalized spacial score (nSPS) is 10.4. The lowest BCUT2D eigenvalue weighted by Gasteiger charge is -2.22. The van der Waals surface area contributed by atoms with Crippen LogP contribution < -0.4 is 10.2 Å². The number of benzene rings is 1. The van der Waals surface area contributed by atoms with E-state index in [-0.39, 0.29) is 17.7 Å². The Labute approximate surface area is 118 Å². The summed E-state index contributed by atoms with van der Waals surface area (Å²) in [7, 11) is 0. The zero-order valence-electron chi connectivity index (χ0n) is 11.4. The van der Waals surface area contributed by atoms with Gasteiger partial charge in [-0.1, -0.05) is 37.6 Å². The molecule has 5 heteroatoms. The van der Waals surface area contributed by atoms with Crippen molar-refractivity contribution in [3.05, 3.63) is 29.3 Å². The molecule has 2 amide bonds. The first-order valence-corrected chi connectivity index (χ1v) is 6.61. The smallest absolute Gasteiger partial charge is 0.223 e. The van der Waals surface area contributed by atoms with Gasteiger partial charge in [-0.2, -0.15) is 0 Å².